The molecule has 0 bridgehead atoms. The van der Waals surface area contributed by atoms with Gasteiger partial charge < -0.3 is 0 Å². The van der Waals surface area contributed by atoms with Crippen molar-refractivity contribution in [1.29, 1.82) is 0 Å². The smallest absolute Gasteiger partial charge is 0.0808 e. The molecule has 0 saturated heterocycles. The van der Waals surface area contributed by atoms with Gasteiger partial charge in [0.2, 0.25) is 0 Å². The minimum absolute atomic E-state index is 0.934. The number of benzene rings is 1. The summed E-state index contributed by atoms with van der Waals surface area (Å²) in [5.74, 6) is 0. The number of aromatic nitrogens is 1. The predicted molar refractivity (Wildman–Crippen MR) is 61.5 cm³/mol. The van der Waals surface area contributed by atoms with Gasteiger partial charge in [-0.25, -0.2) is 4.98 Å². The van der Waals surface area contributed by atoms with Crippen LogP contribution in [0.2, 0.25) is 0 Å². The molecule has 1 aromatic heterocycles. The van der Waals surface area contributed by atoms with Crippen LogP contribution in [0.15, 0.2) is 51.1 Å². The molecule has 0 atom stereocenters. The Kier molecular flexibility index (Phi) is 1.99. The van der Waals surface area contributed by atoms with Gasteiger partial charge in [0.15, 0.2) is 0 Å². The highest BCUT2D eigenvalue weighted by atomic mass is 32.2. The third kappa shape index (κ3) is 1.53. The molecule has 72 valence electrons. The highest BCUT2D eigenvalue weighted by molar-refractivity contribution is 7.98. The molecule has 0 spiro atoms. The standard InChI is InChI=1S/C11H7N3S/c1-2-4-9-8(3-1)7-11-10(13-9)5-6-12-14-15-11/h1-7H. The zero-order chi connectivity index (χ0) is 10.1. The number of hydrogen-bond donors (Lipinski definition) is 0. The average molecular weight is 213 g/mol. The minimum Gasteiger partial charge on any atom is -0.247 e. The monoisotopic (exact) mass is 213 g/mol. The lowest BCUT2D eigenvalue weighted by atomic mass is 10.2. The first-order valence-electron chi connectivity index (χ1n) is 4.57. The molecule has 0 aliphatic carbocycles. The Labute approximate surface area is 91.1 Å². The summed E-state index contributed by atoms with van der Waals surface area (Å²) >= 11 is 1.36. The van der Waals surface area contributed by atoms with Gasteiger partial charge in [-0.05, 0) is 18.2 Å². The molecule has 0 unspecified atom stereocenters. The van der Waals surface area contributed by atoms with E-state index in [1.54, 1.807) is 6.20 Å². The van der Waals surface area contributed by atoms with Crippen molar-refractivity contribution in [1.82, 2.24) is 4.98 Å². The lowest BCUT2D eigenvalue weighted by Gasteiger charge is -2.02. The number of fused-ring (bicyclic) bond motifs is 2. The van der Waals surface area contributed by atoms with Crippen molar-refractivity contribution < 1.29 is 0 Å². The second-order valence-electron chi connectivity index (χ2n) is 3.17. The van der Waals surface area contributed by atoms with Gasteiger partial charge in [0, 0.05) is 17.3 Å². The lowest BCUT2D eigenvalue weighted by molar-refractivity contribution is 1.27. The molecular formula is C11H7N3S. The molecule has 3 nitrogen and oxygen atoms in total. The summed E-state index contributed by atoms with van der Waals surface area (Å²) in [6.45, 7) is 0. The fraction of sp³-hybridized carbons (Fsp3) is 0. The maximum Gasteiger partial charge on any atom is 0.0808 e. The summed E-state index contributed by atoms with van der Waals surface area (Å²) in [7, 11) is 0. The maximum atomic E-state index is 4.55. The van der Waals surface area contributed by atoms with E-state index >= 15 is 0 Å². The zero-order valence-electron chi connectivity index (χ0n) is 7.79. The first-order chi connectivity index (χ1) is 7.43. The summed E-state index contributed by atoms with van der Waals surface area (Å²) < 4.78 is 3.93. The van der Waals surface area contributed by atoms with E-state index in [-0.39, 0.29) is 0 Å². The van der Waals surface area contributed by atoms with Gasteiger partial charge in [-0.2, -0.15) is 5.11 Å². The van der Waals surface area contributed by atoms with Crippen LogP contribution in [0.3, 0.4) is 0 Å². The molecule has 0 saturated carbocycles. The first kappa shape index (κ1) is 8.61. The molecule has 0 N–H and O–H groups in total. The summed E-state index contributed by atoms with van der Waals surface area (Å²) in [5.41, 5.74) is 1.94. The van der Waals surface area contributed by atoms with Crippen LogP contribution in [0.4, 0.5) is 0 Å². The molecule has 2 aromatic rings. The third-order valence-corrected chi connectivity index (χ3v) is 2.90. The van der Waals surface area contributed by atoms with Crippen LogP contribution in [-0.4, -0.2) is 4.98 Å². The van der Waals surface area contributed by atoms with E-state index in [2.05, 4.69) is 26.8 Å². The minimum atomic E-state index is 0.934. The normalized spacial score (nSPS) is 13.9. The van der Waals surface area contributed by atoms with Gasteiger partial charge >= 0.3 is 0 Å². The van der Waals surface area contributed by atoms with Crippen molar-refractivity contribution in [3.63, 3.8) is 0 Å². The van der Waals surface area contributed by atoms with Crippen LogP contribution >= 0.6 is 11.9 Å². The van der Waals surface area contributed by atoms with Gasteiger partial charge in [-0.3, -0.25) is 0 Å². The van der Waals surface area contributed by atoms with Crippen molar-refractivity contribution in [2.45, 2.75) is 4.90 Å². The highest BCUT2D eigenvalue weighted by Crippen LogP contribution is 2.29. The van der Waals surface area contributed by atoms with Gasteiger partial charge in [-0.15, -0.1) is 4.52 Å². The van der Waals surface area contributed by atoms with Gasteiger partial charge in [0.05, 0.1) is 22.3 Å². The van der Waals surface area contributed by atoms with E-state index in [1.165, 1.54) is 11.9 Å². The van der Waals surface area contributed by atoms with Crippen molar-refractivity contribution in [2.75, 3.05) is 0 Å². The van der Waals surface area contributed by atoms with Gasteiger partial charge in [0.1, 0.15) is 0 Å². The van der Waals surface area contributed by atoms with E-state index < -0.39 is 0 Å². The summed E-state index contributed by atoms with van der Waals surface area (Å²) in [5, 5.41) is 4.98. The van der Waals surface area contributed by atoms with E-state index in [0.29, 0.717) is 0 Å². The zero-order valence-corrected chi connectivity index (χ0v) is 8.61. The molecule has 0 amide bonds. The Hall–Kier alpha value is -1.68. The molecule has 1 aliphatic heterocycles. The number of para-hydroxylation sites is 1. The SMILES string of the molecule is C1=Cc2nc3ccccc3cc2SN=N1. The maximum absolute atomic E-state index is 4.55. The molecule has 1 aliphatic rings. The summed E-state index contributed by atoms with van der Waals surface area (Å²) in [6, 6.07) is 10.2. The van der Waals surface area contributed by atoms with Crippen LogP contribution in [0.1, 0.15) is 5.69 Å². The third-order valence-electron chi connectivity index (χ3n) is 2.20. The molecule has 0 radical (unpaired) electrons. The molecule has 1 aromatic carbocycles. The number of rotatable bonds is 0. The Morgan fingerprint density at radius 1 is 1.13 bits per heavy atom. The van der Waals surface area contributed by atoms with Crippen LogP contribution in [0.25, 0.3) is 17.0 Å². The summed E-state index contributed by atoms with van der Waals surface area (Å²) in [4.78, 5) is 5.60. The van der Waals surface area contributed by atoms with Crippen molar-refractivity contribution >= 4 is 28.9 Å². The van der Waals surface area contributed by atoms with Crippen LogP contribution in [0.5, 0.6) is 0 Å². The first-order valence-corrected chi connectivity index (χ1v) is 5.34. The second kappa shape index (κ2) is 3.47. The average Bonchev–Trinajstić information content (AvgIpc) is 2.50. The van der Waals surface area contributed by atoms with Crippen LogP contribution in [-0.2, 0) is 0 Å². The van der Waals surface area contributed by atoms with E-state index in [1.807, 2.05) is 24.3 Å². The lowest BCUT2D eigenvalue weighted by Crippen LogP contribution is -1.86. The van der Waals surface area contributed by atoms with E-state index in [9.17, 15) is 0 Å². The number of pyridine rings is 1. The van der Waals surface area contributed by atoms with E-state index in [4.69, 9.17) is 0 Å². The quantitative estimate of drug-likeness (QED) is 0.626. The molecule has 15 heavy (non-hydrogen) atoms. The van der Waals surface area contributed by atoms with Crippen molar-refractivity contribution in [3.8, 4) is 0 Å². The number of hydrogen-bond acceptors (Lipinski definition) is 4. The Balaban J connectivity index is 2.31. The highest BCUT2D eigenvalue weighted by Gasteiger charge is 2.06. The van der Waals surface area contributed by atoms with Gasteiger partial charge in [0.25, 0.3) is 0 Å². The molecule has 0 fully saturated rings. The Bertz CT molecular complexity index is 575. The summed E-state index contributed by atoms with van der Waals surface area (Å²) in [6.07, 6.45) is 3.55. The molecule has 4 heteroatoms. The molecular weight excluding hydrogens is 206 g/mol. The topological polar surface area (TPSA) is 37.6 Å². The fourth-order valence-electron chi connectivity index (χ4n) is 1.50. The van der Waals surface area contributed by atoms with Crippen molar-refractivity contribution in [3.05, 3.63) is 42.2 Å². The Morgan fingerprint density at radius 3 is 3.07 bits per heavy atom. The predicted octanol–water partition coefficient (Wildman–Crippen LogP) is 3.68. The van der Waals surface area contributed by atoms with Crippen LogP contribution in [0, 0.1) is 0 Å². The molecule has 2 heterocycles. The Morgan fingerprint density at radius 2 is 2.07 bits per heavy atom. The van der Waals surface area contributed by atoms with E-state index in [0.717, 1.165) is 21.5 Å². The molecule has 3 rings (SSSR count). The fourth-order valence-corrected chi connectivity index (χ4v) is 2.08. The second-order valence-corrected chi connectivity index (χ2v) is 3.95. The van der Waals surface area contributed by atoms with Gasteiger partial charge in [-0.1, -0.05) is 18.2 Å². The van der Waals surface area contributed by atoms with Crippen molar-refractivity contribution in [2.24, 2.45) is 9.63 Å². The number of nitrogens with zero attached hydrogens (tertiary/aromatic N) is 3. The van der Waals surface area contributed by atoms with Crippen LogP contribution < -0.4 is 0 Å². The largest absolute Gasteiger partial charge is 0.247 e.